The Labute approximate surface area is 118 Å². The van der Waals surface area contributed by atoms with Crippen molar-refractivity contribution in [2.75, 3.05) is 0 Å². The van der Waals surface area contributed by atoms with Crippen LogP contribution in [-0.2, 0) is 11.2 Å². The van der Waals surface area contributed by atoms with Crippen molar-refractivity contribution >= 4 is 11.7 Å². The molecule has 0 heterocycles. The molecule has 2 aromatic rings. The van der Waals surface area contributed by atoms with Crippen LogP contribution in [0.5, 0.6) is 11.5 Å². The first-order valence-electron chi connectivity index (χ1n) is 5.89. The van der Waals surface area contributed by atoms with Crippen molar-refractivity contribution in [1.82, 2.24) is 0 Å². The third-order valence-electron chi connectivity index (χ3n) is 2.66. The highest BCUT2D eigenvalue weighted by molar-refractivity contribution is 5.73. The first-order valence-corrected chi connectivity index (χ1v) is 5.89. The molecule has 0 unspecified atom stereocenters. The second kappa shape index (κ2) is 6.00. The van der Waals surface area contributed by atoms with Gasteiger partial charge in [-0.05, 0) is 18.2 Å². The average Bonchev–Trinajstić information content (AvgIpc) is 2.40. The molecule has 6 nitrogen and oxygen atoms in total. The van der Waals surface area contributed by atoms with Gasteiger partial charge in [-0.2, -0.15) is 0 Å². The minimum absolute atomic E-state index is 0.0126. The maximum Gasteiger partial charge on any atom is 0.315 e. The van der Waals surface area contributed by atoms with Gasteiger partial charge < -0.3 is 9.84 Å². The van der Waals surface area contributed by atoms with Crippen molar-refractivity contribution in [1.29, 1.82) is 0 Å². The van der Waals surface area contributed by atoms with Crippen molar-refractivity contribution in [2.45, 2.75) is 6.42 Å². The first kappa shape index (κ1) is 14.4. The summed E-state index contributed by atoms with van der Waals surface area (Å²) >= 11 is 0. The van der Waals surface area contributed by atoms with E-state index in [2.05, 4.69) is 0 Å². The van der Waals surface area contributed by atoms with Gasteiger partial charge in [0, 0.05) is 5.56 Å². The van der Waals surface area contributed by atoms with Crippen LogP contribution >= 0.6 is 0 Å². The molecule has 0 spiro atoms. The number of aliphatic carboxylic acids is 1. The lowest BCUT2D eigenvalue weighted by atomic mass is 10.1. The predicted molar refractivity (Wildman–Crippen MR) is 70.9 cm³/mol. The fourth-order valence-corrected chi connectivity index (χ4v) is 1.81. The summed E-state index contributed by atoms with van der Waals surface area (Å²) in [6.45, 7) is 0. The van der Waals surface area contributed by atoms with Crippen LogP contribution in [0.1, 0.15) is 5.56 Å². The molecule has 0 amide bonds. The smallest absolute Gasteiger partial charge is 0.315 e. The molecule has 0 aromatic heterocycles. The summed E-state index contributed by atoms with van der Waals surface area (Å²) in [6, 6.07) is 9.48. The minimum Gasteiger partial charge on any atom is -0.481 e. The molecule has 2 rings (SSSR count). The van der Waals surface area contributed by atoms with Gasteiger partial charge >= 0.3 is 11.7 Å². The van der Waals surface area contributed by atoms with E-state index in [1.165, 1.54) is 36.4 Å². The Balaban J connectivity index is 2.46. The fraction of sp³-hybridized carbons (Fsp3) is 0.0714. The monoisotopic (exact) mass is 291 g/mol. The number of nitro groups is 1. The summed E-state index contributed by atoms with van der Waals surface area (Å²) in [5.74, 6) is -2.26. The molecule has 21 heavy (non-hydrogen) atoms. The van der Waals surface area contributed by atoms with Gasteiger partial charge in [-0.25, -0.2) is 4.39 Å². The molecular weight excluding hydrogens is 281 g/mol. The Hall–Kier alpha value is -2.96. The number of hydrogen-bond acceptors (Lipinski definition) is 4. The Morgan fingerprint density at radius 2 is 1.86 bits per heavy atom. The molecule has 2 aromatic carbocycles. The molecule has 0 fully saturated rings. The van der Waals surface area contributed by atoms with Gasteiger partial charge in [-0.3, -0.25) is 14.9 Å². The van der Waals surface area contributed by atoms with Gasteiger partial charge in [0.15, 0.2) is 11.6 Å². The molecule has 0 aliphatic rings. The number of halogens is 1. The molecular formula is C14H10FNO5. The lowest BCUT2D eigenvalue weighted by molar-refractivity contribution is -0.386. The fourth-order valence-electron chi connectivity index (χ4n) is 1.81. The van der Waals surface area contributed by atoms with E-state index in [0.29, 0.717) is 0 Å². The van der Waals surface area contributed by atoms with E-state index >= 15 is 0 Å². The number of hydrogen-bond donors (Lipinski definition) is 1. The zero-order valence-corrected chi connectivity index (χ0v) is 10.7. The molecule has 0 saturated carbocycles. The van der Waals surface area contributed by atoms with Crippen LogP contribution in [0.25, 0.3) is 0 Å². The number of para-hydroxylation sites is 2. The highest BCUT2D eigenvalue weighted by atomic mass is 19.1. The van der Waals surface area contributed by atoms with Crippen molar-refractivity contribution in [3.05, 3.63) is 64.0 Å². The van der Waals surface area contributed by atoms with Crippen LogP contribution in [-0.4, -0.2) is 16.0 Å². The number of ether oxygens (including phenoxy) is 1. The third-order valence-corrected chi connectivity index (χ3v) is 2.66. The molecule has 0 saturated heterocycles. The molecule has 0 bridgehead atoms. The highest BCUT2D eigenvalue weighted by Gasteiger charge is 2.23. The van der Waals surface area contributed by atoms with Gasteiger partial charge in [-0.15, -0.1) is 0 Å². The van der Waals surface area contributed by atoms with Crippen molar-refractivity contribution in [3.63, 3.8) is 0 Å². The minimum atomic E-state index is -1.21. The lowest BCUT2D eigenvalue weighted by Crippen LogP contribution is -2.05. The number of nitrogens with zero attached hydrogens (tertiary/aromatic N) is 1. The standard InChI is InChI=1S/C14H10FNO5/c15-10-5-1-2-6-11(10)21-12-7-3-4-9(8-13(17)18)14(12)16(19)20/h1-7H,8H2,(H,17,18). The van der Waals surface area contributed by atoms with E-state index in [0.717, 1.165) is 6.07 Å². The summed E-state index contributed by atoms with van der Waals surface area (Å²) in [6.07, 6.45) is -0.523. The second-order valence-corrected chi connectivity index (χ2v) is 4.12. The van der Waals surface area contributed by atoms with Gasteiger partial charge in [0.05, 0.1) is 11.3 Å². The number of rotatable bonds is 5. The van der Waals surface area contributed by atoms with Gasteiger partial charge in [0.2, 0.25) is 5.75 Å². The maximum absolute atomic E-state index is 13.5. The zero-order valence-electron chi connectivity index (χ0n) is 10.7. The quantitative estimate of drug-likeness (QED) is 0.675. The number of nitro benzene ring substituents is 1. The summed E-state index contributed by atoms with van der Waals surface area (Å²) in [4.78, 5) is 21.1. The maximum atomic E-state index is 13.5. The number of carbonyl (C=O) groups is 1. The summed E-state index contributed by atoms with van der Waals surface area (Å²) < 4.78 is 18.7. The molecule has 0 aliphatic carbocycles. The normalized spacial score (nSPS) is 10.1. The van der Waals surface area contributed by atoms with Crippen LogP contribution in [0.4, 0.5) is 10.1 Å². The number of carboxylic acid groups (broad SMARTS) is 1. The van der Waals surface area contributed by atoms with Crippen LogP contribution in [0.2, 0.25) is 0 Å². The third kappa shape index (κ3) is 3.33. The van der Waals surface area contributed by atoms with Crippen molar-refractivity contribution in [2.24, 2.45) is 0 Å². The molecule has 7 heteroatoms. The van der Waals surface area contributed by atoms with E-state index in [1.807, 2.05) is 0 Å². The highest BCUT2D eigenvalue weighted by Crippen LogP contribution is 2.35. The topological polar surface area (TPSA) is 89.7 Å². The van der Waals surface area contributed by atoms with E-state index in [1.54, 1.807) is 0 Å². The van der Waals surface area contributed by atoms with E-state index < -0.39 is 28.8 Å². The lowest BCUT2D eigenvalue weighted by Gasteiger charge is -2.09. The molecule has 0 aliphatic heterocycles. The van der Waals surface area contributed by atoms with Crippen LogP contribution in [0.3, 0.4) is 0 Å². The van der Waals surface area contributed by atoms with Gasteiger partial charge in [0.25, 0.3) is 0 Å². The van der Waals surface area contributed by atoms with Gasteiger partial charge in [-0.1, -0.05) is 24.3 Å². The van der Waals surface area contributed by atoms with E-state index in [4.69, 9.17) is 9.84 Å². The number of carboxylic acids is 1. The van der Waals surface area contributed by atoms with Crippen molar-refractivity contribution < 1.29 is 24.0 Å². The van der Waals surface area contributed by atoms with E-state index in [9.17, 15) is 19.3 Å². The SMILES string of the molecule is O=C(O)Cc1cccc(Oc2ccccc2F)c1[N+](=O)[O-]. The Morgan fingerprint density at radius 1 is 1.19 bits per heavy atom. The van der Waals surface area contributed by atoms with E-state index in [-0.39, 0.29) is 17.1 Å². The predicted octanol–water partition coefficient (Wildman–Crippen LogP) is 3.15. The van der Waals surface area contributed by atoms with Crippen LogP contribution in [0.15, 0.2) is 42.5 Å². The zero-order chi connectivity index (χ0) is 15.4. The summed E-state index contributed by atoms with van der Waals surface area (Å²) in [5.41, 5.74) is -0.496. The summed E-state index contributed by atoms with van der Waals surface area (Å²) in [7, 11) is 0. The first-order chi connectivity index (χ1) is 9.99. The van der Waals surface area contributed by atoms with Crippen LogP contribution < -0.4 is 4.74 Å². The molecule has 0 atom stereocenters. The average molecular weight is 291 g/mol. The summed E-state index contributed by atoms with van der Waals surface area (Å²) in [5, 5.41) is 19.9. The van der Waals surface area contributed by atoms with Crippen molar-refractivity contribution in [3.8, 4) is 11.5 Å². The molecule has 1 N–H and O–H groups in total. The Bertz CT molecular complexity index is 702. The largest absolute Gasteiger partial charge is 0.481 e. The Kier molecular flexibility index (Phi) is 4.13. The molecule has 108 valence electrons. The Morgan fingerprint density at radius 3 is 2.48 bits per heavy atom. The second-order valence-electron chi connectivity index (χ2n) is 4.12. The molecule has 0 radical (unpaired) electrons. The van der Waals surface area contributed by atoms with Gasteiger partial charge in [0.1, 0.15) is 0 Å². The number of benzene rings is 2. The van der Waals surface area contributed by atoms with Crippen LogP contribution in [0, 0.1) is 15.9 Å².